The van der Waals surface area contributed by atoms with Crippen molar-refractivity contribution in [3.8, 4) is 0 Å². The minimum Gasteiger partial charge on any atom is -0.369 e. The number of anilines is 2. The lowest BCUT2D eigenvalue weighted by molar-refractivity contribution is 0.308. The summed E-state index contributed by atoms with van der Waals surface area (Å²) in [6.07, 6.45) is 4.05. The molecule has 5 heteroatoms. The molecule has 0 saturated heterocycles. The van der Waals surface area contributed by atoms with Crippen LogP contribution >= 0.6 is 15.9 Å². The summed E-state index contributed by atoms with van der Waals surface area (Å²) in [5.74, 6) is 2.58. The number of aromatic nitrogens is 2. The highest BCUT2D eigenvalue weighted by Gasteiger charge is 2.26. The van der Waals surface area contributed by atoms with Crippen LogP contribution in [-0.4, -0.2) is 22.6 Å². The molecule has 1 aromatic rings. The van der Waals surface area contributed by atoms with Gasteiger partial charge in [-0.2, -0.15) is 0 Å². The fourth-order valence-corrected chi connectivity index (χ4v) is 2.43. The molecular weight excluding hydrogens is 268 g/mol. The maximum atomic E-state index is 4.26. The first-order chi connectivity index (χ1) is 7.70. The summed E-state index contributed by atoms with van der Waals surface area (Å²) in [5.41, 5.74) is 0. The van der Waals surface area contributed by atoms with E-state index in [4.69, 9.17) is 0 Å². The summed E-state index contributed by atoms with van der Waals surface area (Å²) in [4.78, 5) is 8.44. The van der Waals surface area contributed by atoms with Crippen LogP contribution in [0.5, 0.6) is 0 Å². The molecule has 0 unspecified atom stereocenters. The van der Waals surface area contributed by atoms with Crippen LogP contribution in [0.1, 0.15) is 26.7 Å². The number of hydrogen-bond acceptors (Lipinski definition) is 4. The van der Waals surface area contributed by atoms with Crippen molar-refractivity contribution in [3.05, 3.63) is 10.8 Å². The van der Waals surface area contributed by atoms with Gasteiger partial charge in [0.2, 0.25) is 0 Å². The molecule has 1 fully saturated rings. The minimum atomic E-state index is 0.565. The van der Waals surface area contributed by atoms with Crippen molar-refractivity contribution < 1.29 is 0 Å². The molecule has 16 heavy (non-hydrogen) atoms. The highest BCUT2D eigenvalue weighted by molar-refractivity contribution is 9.10. The normalized spacial score (nSPS) is 23.7. The van der Waals surface area contributed by atoms with Gasteiger partial charge in [-0.25, -0.2) is 9.97 Å². The molecule has 1 aromatic heterocycles. The first kappa shape index (κ1) is 11.6. The molecule has 88 valence electrons. The Hall–Kier alpha value is -0.840. The standard InChI is InChI=1S/C11H17BrN4/c1-3-13-10-9(12)11(15-6-14-10)16-8-4-7(2)5-8/h6-8H,3-5H2,1-2H3,(H2,13,14,15,16). The van der Waals surface area contributed by atoms with Crippen LogP contribution in [-0.2, 0) is 0 Å². The molecule has 0 atom stereocenters. The van der Waals surface area contributed by atoms with Crippen LogP contribution in [0.2, 0.25) is 0 Å². The monoisotopic (exact) mass is 284 g/mol. The SMILES string of the molecule is CCNc1ncnc(NC2CC(C)C2)c1Br. The summed E-state index contributed by atoms with van der Waals surface area (Å²) in [5, 5.41) is 6.63. The fourth-order valence-electron chi connectivity index (χ4n) is 1.97. The summed E-state index contributed by atoms with van der Waals surface area (Å²) >= 11 is 3.53. The predicted molar refractivity (Wildman–Crippen MR) is 69.7 cm³/mol. The lowest BCUT2D eigenvalue weighted by Crippen LogP contribution is -2.34. The number of rotatable bonds is 4. The zero-order chi connectivity index (χ0) is 11.5. The zero-order valence-corrected chi connectivity index (χ0v) is 11.2. The van der Waals surface area contributed by atoms with Gasteiger partial charge < -0.3 is 10.6 Å². The van der Waals surface area contributed by atoms with Crippen molar-refractivity contribution in [2.24, 2.45) is 5.92 Å². The van der Waals surface area contributed by atoms with E-state index in [-0.39, 0.29) is 0 Å². The van der Waals surface area contributed by atoms with Crippen molar-refractivity contribution in [2.45, 2.75) is 32.7 Å². The summed E-state index contributed by atoms with van der Waals surface area (Å²) in [7, 11) is 0. The second-order valence-electron chi connectivity index (χ2n) is 4.33. The van der Waals surface area contributed by atoms with E-state index in [1.807, 2.05) is 0 Å². The number of nitrogens with zero attached hydrogens (tertiary/aromatic N) is 2. The molecule has 1 aliphatic carbocycles. The topological polar surface area (TPSA) is 49.8 Å². The maximum Gasteiger partial charge on any atom is 0.146 e. The Morgan fingerprint density at radius 2 is 2.06 bits per heavy atom. The molecule has 0 spiro atoms. The van der Waals surface area contributed by atoms with Gasteiger partial charge in [0.1, 0.15) is 22.4 Å². The third kappa shape index (κ3) is 2.45. The van der Waals surface area contributed by atoms with Gasteiger partial charge in [-0.15, -0.1) is 0 Å². The van der Waals surface area contributed by atoms with Crippen LogP contribution in [0.15, 0.2) is 10.8 Å². The highest BCUT2D eigenvalue weighted by Crippen LogP contribution is 2.32. The molecule has 0 bridgehead atoms. The molecule has 2 rings (SSSR count). The van der Waals surface area contributed by atoms with Gasteiger partial charge in [0.05, 0.1) is 0 Å². The molecule has 2 N–H and O–H groups in total. The fraction of sp³-hybridized carbons (Fsp3) is 0.636. The number of hydrogen-bond donors (Lipinski definition) is 2. The van der Waals surface area contributed by atoms with E-state index in [2.05, 4.69) is 50.4 Å². The first-order valence-corrected chi connectivity index (χ1v) is 6.51. The maximum absolute atomic E-state index is 4.26. The Balaban J connectivity index is 2.05. The van der Waals surface area contributed by atoms with E-state index in [1.54, 1.807) is 6.33 Å². The van der Waals surface area contributed by atoms with Crippen LogP contribution in [0, 0.1) is 5.92 Å². The van der Waals surface area contributed by atoms with Crippen molar-refractivity contribution in [3.63, 3.8) is 0 Å². The van der Waals surface area contributed by atoms with Crippen molar-refractivity contribution >= 4 is 27.6 Å². The molecule has 1 saturated carbocycles. The van der Waals surface area contributed by atoms with E-state index in [0.717, 1.165) is 28.6 Å². The van der Waals surface area contributed by atoms with Crippen molar-refractivity contribution in [1.82, 2.24) is 9.97 Å². The molecule has 1 heterocycles. The highest BCUT2D eigenvalue weighted by atomic mass is 79.9. The van der Waals surface area contributed by atoms with Gasteiger partial charge in [0.15, 0.2) is 0 Å². The van der Waals surface area contributed by atoms with Gasteiger partial charge >= 0.3 is 0 Å². The average molecular weight is 285 g/mol. The van der Waals surface area contributed by atoms with Crippen molar-refractivity contribution in [2.75, 3.05) is 17.2 Å². The van der Waals surface area contributed by atoms with Crippen LogP contribution in [0.25, 0.3) is 0 Å². The molecule has 0 aromatic carbocycles. The lowest BCUT2D eigenvalue weighted by atomic mass is 9.82. The van der Waals surface area contributed by atoms with E-state index in [1.165, 1.54) is 12.8 Å². The van der Waals surface area contributed by atoms with E-state index in [0.29, 0.717) is 6.04 Å². The second kappa shape index (κ2) is 4.99. The van der Waals surface area contributed by atoms with Crippen LogP contribution in [0.3, 0.4) is 0 Å². The number of halogens is 1. The van der Waals surface area contributed by atoms with Crippen molar-refractivity contribution in [1.29, 1.82) is 0 Å². The van der Waals surface area contributed by atoms with Gasteiger partial charge in [-0.05, 0) is 41.6 Å². The second-order valence-corrected chi connectivity index (χ2v) is 5.13. The third-order valence-corrected chi connectivity index (χ3v) is 3.60. The quantitative estimate of drug-likeness (QED) is 0.893. The third-order valence-electron chi connectivity index (χ3n) is 2.85. The van der Waals surface area contributed by atoms with Crippen LogP contribution < -0.4 is 10.6 Å². The first-order valence-electron chi connectivity index (χ1n) is 5.71. The van der Waals surface area contributed by atoms with Gasteiger partial charge in [-0.3, -0.25) is 0 Å². The molecule has 1 aliphatic rings. The van der Waals surface area contributed by atoms with Gasteiger partial charge in [0.25, 0.3) is 0 Å². The molecule has 0 amide bonds. The Morgan fingerprint density at radius 1 is 1.38 bits per heavy atom. The Bertz CT molecular complexity index is 363. The lowest BCUT2D eigenvalue weighted by Gasteiger charge is -2.33. The molecule has 4 nitrogen and oxygen atoms in total. The average Bonchev–Trinajstić information content (AvgIpc) is 2.22. The molecular formula is C11H17BrN4. The summed E-state index contributed by atoms with van der Waals surface area (Å²) in [6, 6.07) is 0.565. The summed E-state index contributed by atoms with van der Waals surface area (Å²) in [6.45, 7) is 5.18. The Morgan fingerprint density at radius 3 is 2.69 bits per heavy atom. The van der Waals surface area contributed by atoms with Gasteiger partial charge in [-0.1, -0.05) is 6.92 Å². The van der Waals surface area contributed by atoms with E-state index >= 15 is 0 Å². The largest absolute Gasteiger partial charge is 0.369 e. The van der Waals surface area contributed by atoms with E-state index in [9.17, 15) is 0 Å². The smallest absolute Gasteiger partial charge is 0.146 e. The number of nitrogens with one attached hydrogen (secondary N) is 2. The minimum absolute atomic E-state index is 0.565. The van der Waals surface area contributed by atoms with Gasteiger partial charge in [0, 0.05) is 12.6 Å². The molecule has 0 radical (unpaired) electrons. The van der Waals surface area contributed by atoms with Crippen LogP contribution in [0.4, 0.5) is 11.6 Å². The Labute approximate surface area is 104 Å². The zero-order valence-electron chi connectivity index (χ0n) is 9.63. The molecule has 0 aliphatic heterocycles. The Kier molecular flexibility index (Phi) is 3.63. The summed E-state index contributed by atoms with van der Waals surface area (Å²) < 4.78 is 0.927. The predicted octanol–water partition coefficient (Wildman–Crippen LogP) is 2.88. The van der Waals surface area contributed by atoms with E-state index < -0.39 is 0 Å².